The predicted molar refractivity (Wildman–Crippen MR) is 86.5 cm³/mol. The average molecular weight is 330 g/mol. The standard InChI is InChI=1S/C18H13F3N2O/c1-11(24)12-3-2-4-14(9-12)23-16-7-8-22-17-10-13(18(19,20)21)5-6-15(16)17/h2-10H,1H3,(H,22,23). The van der Waals surface area contributed by atoms with Crippen molar-refractivity contribution in [1.82, 2.24) is 4.98 Å². The molecule has 0 amide bonds. The molecule has 0 saturated carbocycles. The summed E-state index contributed by atoms with van der Waals surface area (Å²) in [5.74, 6) is -0.0620. The van der Waals surface area contributed by atoms with Crippen LogP contribution in [0.4, 0.5) is 24.5 Å². The van der Waals surface area contributed by atoms with Crippen LogP contribution < -0.4 is 5.32 Å². The van der Waals surface area contributed by atoms with Gasteiger partial charge in [0, 0.05) is 28.5 Å². The zero-order valence-corrected chi connectivity index (χ0v) is 12.7. The number of hydrogen-bond acceptors (Lipinski definition) is 3. The number of alkyl halides is 3. The number of nitrogens with zero attached hydrogens (tertiary/aromatic N) is 1. The minimum atomic E-state index is -4.41. The molecular formula is C18H13F3N2O. The van der Waals surface area contributed by atoms with E-state index in [-0.39, 0.29) is 11.3 Å². The van der Waals surface area contributed by atoms with E-state index in [0.717, 1.165) is 12.1 Å². The van der Waals surface area contributed by atoms with Crippen molar-refractivity contribution in [2.24, 2.45) is 0 Å². The van der Waals surface area contributed by atoms with Crippen LogP contribution in [0.25, 0.3) is 10.9 Å². The number of hydrogen-bond donors (Lipinski definition) is 1. The number of anilines is 2. The Morgan fingerprint density at radius 3 is 2.58 bits per heavy atom. The smallest absolute Gasteiger partial charge is 0.355 e. The number of ketones is 1. The highest BCUT2D eigenvalue weighted by Gasteiger charge is 2.30. The fourth-order valence-corrected chi connectivity index (χ4v) is 2.40. The Labute approximate surface area is 136 Å². The summed E-state index contributed by atoms with van der Waals surface area (Å²) < 4.78 is 38.4. The molecule has 0 aliphatic heterocycles. The summed E-state index contributed by atoms with van der Waals surface area (Å²) in [6.07, 6.45) is -2.96. The predicted octanol–water partition coefficient (Wildman–Crippen LogP) is 5.20. The van der Waals surface area contributed by atoms with Gasteiger partial charge in [0.05, 0.1) is 11.1 Å². The molecular weight excluding hydrogens is 317 g/mol. The molecule has 122 valence electrons. The van der Waals surface area contributed by atoms with Crippen molar-refractivity contribution in [2.75, 3.05) is 5.32 Å². The molecule has 0 saturated heterocycles. The number of carbonyl (C=O) groups excluding carboxylic acids is 1. The summed E-state index contributed by atoms with van der Waals surface area (Å²) in [6, 6.07) is 12.0. The van der Waals surface area contributed by atoms with Crippen LogP contribution in [0, 0.1) is 0 Å². The summed E-state index contributed by atoms with van der Waals surface area (Å²) in [5, 5.41) is 3.70. The number of halogens is 3. The van der Waals surface area contributed by atoms with Crippen molar-refractivity contribution in [3.63, 3.8) is 0 Å². The molecule has 2 aromatic carbocycles. The molecule has 0 aliphatic carbocycles. The third-order valence-electron chi connectivity index (χ3n) is 3.62. The molecule has 0 atom stereocenters. The number of aromatic nitrogens is 1. The molecule has 1 aromatic heterocycles. The molecule has 3 rings (SSSR count). The lowest BCUT2D eigenvalue weighted by atomic mass is 10.1. The minimum absolute atomic E-state index is 0.0620. The second kappa shape index (κ2) is 5.96. The van der Waals surface area contributed by atoms with Crippen molar-refractivity contribution < 1.29 is 18.0 Å². The lowest BCUT2D eigenvalue weighted by Crippen LogP contribution is -2.04. The first-order valence-electron chi connectivity index (χ1n) is 7.18. The number of pyridine rings is 1. The van der Waals surface area contributed by atoms with Crippen LogP contribution >= 0.6 is 0 Å². The Balaban J connectivity index is 2.01. The molecule has 0 fully saturated rings. The van der Waals surface area contributed by atoms with Gasteiger partial charge in [0.25, 0.3) is 0 Å². The van der Waals surface area contributed by atoms with E-state index in [4.69, 9.17) is 0 Å². The number of benzene rings is 2. The number of carbonyl (C=O) groups is 1. The highest BCUT2D eigenvalue weighted by atomic mass is 19.4. The van der Waals surface area contributed by atoms with Gasteiger partial charge in [-0.25, -0.2) is 0 Å². The third-order valence-corrected chi connectivity index (χ3v) is 3.62. The molecule has 0 aliphatic rings. The highest BCUT2D eigenvalue weighted by Crippen LogP contribution is 2.33. The van der Waals surface area contributed by atoms with Gasteiger partial charge in [-0.3, -0.25) is 9.78 Å². The van der Waals surface area contributed by atoms with Gasteiger partial charge >= 0.3 is 6.18 Å². The maximum absolute atomic E-state index is 12.8. The van der Waals surface area contributed by atoms with Crippen LogP contribution in [-0.2, 0) is 6.18 Å². The van der Waals surface area contributed by atoms with E-state index in [1.54, 1.807) is 30.3 Å². The first-order chi connectivity index (χ1) is 11.3. The molecule has 3 nitrogen and oxygen atoms in total. The zero-order valence-electron chi connectivity index (χ0n) is 12.7. The lowest BCUT2D eigenvalue weighted by molar-refractivity contribution is -0.137. The van der Waals surface area contributed by atoms with Crippen LogP contribution in [0.15, 0.2) is 54.7 Å². The average Bonchev–Trinajstić information content (AvgIpc) is 2.54. The summed E-state index contributed by atoms with van der Waals surface area (Å²) in [4.78, 5) is 15.5. The van der Waals surface area contributed by atoms with Crippen molar-refractivity contribution in [3.8, 4) is 0 Å². The Morgan fingerprint density at radius 2 is 1.88 bits per heavy atom. The second-order valence-corrected chi connectivity index (χ2v) is 5.35. The van der Waals surface area contributed by atoms with Crippen LogP contribution in [0.1, 0.15) is 22.8 Å². The van der Waals surface area contributed by atoms with Crippen LogP contribution in [-0.4, -0.2) is 10.8 Å². The summed E-state index contributed by atoms with van der Waals surface area (Å²) in [5.41, 5.74) is 1.36. The Hall–Kier alpha value is -2.89. The largest absolute Gasteiger partial charge is 0.416 e. The summed E-state index contributed by atoms with van der Waals surface area (Å²) >= 11 is 0. The van der Waals surface area contributed by atoms with Crippen molar-refractivity contribution in [1.29, 1.82) is 0 Å². The Kier molecular flexibility index (Phi) is 3.97. The molecule has 0 radical (unpaired) electrons. The number of fused-ring (bicyclic) bond motifs is 1. The van der Waals surface area contributed by atoms with Crippen molar-refractivity contribution >= 4 is 28.1 Å². The second-order valence-electron chi connectivity index (χ2n) is 5.35. The van der Waals surface area contributed by atoms with E-state index in [2.05, 4.69) is 10.3 Å². The maximum Gasteiger partial charge on any atom is 0.416 e. The lowest BCUT2D eigenvalue weighted by Gasteiger charge is -2.12. The molecule has 6 heteroatoms. The molecule has 0 bridgehead atoms. The molecule has 0 unspecified atom stereocenters. The first kappa shape index (κ1) is 16.0. The minimum Gasteiger partial charge on any atom is -0.355 e. The third kappa shape index (κ3) is 3.22. The number of nitrogens with one attached hydrogen (secondary N) is 1. The number of rotatable bonds is 3. The van der Waals surface area contributed by atoms with Crippen LogP contribution in [0.3, 0.4) is 0 Å². The van der Waals surface area contributed by atoms with E-state index >= 15 is 0 Å². The zero-order chi connectivity index (χ0) is 17.3. The van der Waals surface area contributed by atoms with Gasteiger partial charge in [0.15, 0.2) is 5.78 Å². The van der Waals surface area contributed by atoms with Gasteiger partial charge in [0.2, 0.25) is 0 Å². The fraction of sp³-hybridized carbons (Fsp3) is 0.111. The normalized spacial score (nSPS) is 11.5. The van der Waals surface area contributed by atoms with Crippen molar-refractivity contribution in [3.05, 3.63) is 65.9 Å². The molecule has 24 heavy (non-hydrogen) atoms. The highest BCUT2D eigenvalue weighted by molar-refractivity contribution is 5.96. The van der Waals surface area contributed by atoms with E-state index in [9.17, 15) is 18.0 Å². The quantitative estimate of drug-likeness (QED) is 0.671. The molecule has 1 N–H and O–H groups in total. The molecule has 3 aromatic rings. The van der Waals surface area contributed by atoms with Crippen LogP contribution in [0.2, 0.25) is 0 Å². The summed E-state index contributed by atoms with van der Waals surface area (Å²) in [7, 11) is 0. The monoisotopic (exact) mass is 330 g/mol. The van der Waals surface area contributed by atoms with Gasteiger partial charge in [-0.2, -0.15) is 13.2 Å². The SMILES string of the molecule is CC(=O)c1cccc(Nc2ccnc3cc(C(F)(F)F)ccc23)c1. The van der Waals surface area contributed by atoms with Gasteiger partial charge in [-0.1, -0.05) is 18.2 Å². The van der Waals surface area contributed by atoms with Gasteiger partial charge in [-0.15, -0.1) is 0 Å². The summed E-state index contributed by atoms with van der Waals surface area (Å²) in [6.45, 7) is 1.47. The van der Waals surface area contributed by atoms with E-state index in [0.29, 0.717) is 22.3 Å². The van der Waals surface area contributed by atoms with Gasteiger partial charge < -0.3 is 5.32 Å². The van der Waals surface area contributed by atoms with E-state index < -0.39 is 11.7 Å². The Morgan fingerprint density at radius 1 is 1.08 bits per heavy atom. The number of Topliss-reactive ketones (excluding diaryl/α,β-unsaturated/α-hetero) is 1. The molecule has 1 heterocycles. The Bertz CT molecular complexity index is 920. The van der Waals surface area contributed by atoms with Gasteiger partial charge in [-0.05, 0) is 37.3 Å². The topological polar surface area (TPSA) is 42.0 Å². The van der Waals surface area contributed by atoms with Gasteiger partial charge in [0.1, 0.15) is 0 Å². The van der Waals surface area contributed by atoms with Crippen molar-refractivity contribution in [2.45, 2.75) is 13.1 Å². The fourth-order valence-electron chi connectivity index (χ4n) is 2.40. The maximum atomic E-state index is 12.8. The van der Waals surface area contributed by atoms with E-state index in [1.165, 1.54) is 19.2 Å². The van der Waals surface area contributed by atoms with Crippen LogP contribution in [0.5, 0.6) is 0 Å². The van der Waals surface area contributed by atoms with E-state index in [1.807, 2.05) is 0 Å². The first-order valence-corrected chi connectivity index (χ1v) is 7.18. The molecule has 0 spiro atoms.